The smallest absolute Gasteiger partial charge is 0.264 e. The molecule has 224 valence electrons. The minimum atomic E-state index is -3.29. The van der Waals surface area contributed by atoms with Crippen molar-refractivity contribution in [3.05, 3.63) is 109 Å². The number of carbonyl (C=O) groups is 1. The predicted molar refractivity (Wildman–Crippen MR) is 183 cm³/mol. The SMILES string of the molecule is C[C@@H]1[C@@H]([Si](C)(C)F)[C@H](CCn2cc([C@H](O)c3ccccc3)nn2)O[C@@]12C(=O)N(Cc1ccc(I)cc1)c1ccc(I)cc12. The van der Waals surface area contributed by atoms with Crippen molar-refractivity contribution in [1.82, 2.24) is 15.0 Å². The number of amides is 1. The van der Waals surface area contributed by atoms with Crippen LogP contribution in [0.2, 0.25) is 18.6 Å². The van der Waals surface area contributed by atoms with Crippen LogP contribution < -0.4 is 4.90 Å². The molecular weight excluding hydrogens is 789 g/mol. The van der Waals surface area contributed by atoms with E-state index < -0.39 is 31.8 Å². The number of anilines is 1. The van der Waals surface area contributed by atoms with Gasteiger partial charge in [-0.1, -0.05) is 54.6 Å². The van der Waals surface area contributed by atoms with Crippen molar-refractivity contribution in [3.8, 4) is 0 Å². The van der Waals surface area contributed by atoms with Crippen molar-refractivity contribution in [1.29, 1.82) is 0 Å². The maximum absolute atomic E-state index is 16.2. The Hall–Kier alpha value is -2.20. The van der Waals surface area contributed by atoms with E-state index in [-0.39, 0.29) is 11.8 Å². The van der Waals surface area contributed by atoms with Crippen LogP contribution in [-0.4, -0.2) is 40.5 Å². The number of carbonyl (C=O) groups excluding carboxylic acids is 1. The van der Waals surface area contributed by atoms with Gasteiger partial charge in [-0.25, -0.2) is 0 Å². The normalized spacial score (nSPS) is 24.1. The molecule has 2 aliphatic heterocycles. The monoisotopic (exact) mass is 822 g/mol. The largest absolute Gasteiger partial charge is 0.382 e. The van der Waals surface area contributed by atoms with Gasteiger partial charge in [0.2, 0.25) is 8.41 Å². The Morgan fingerprint density at radius 3 is 2.47 bits per heavy atom. The van der Waals surface area contributed by atoms with Gasteiger partial charge >= 0.3 is 0 Å². The number of aliphatic hydroxyl groups excluding tert-OH is 1. The number of benzene rings is 3. The zero-order valence-corrected chi connectivity index (χ0v) is 29.4. The third-order valence-corrected chi connectivity index (χ3v) is 12.6. The summed E-state index contributed by atoms with van der Waals surface area (Å²) in [6.07, 6.45) is 0.812. The minimum Gasteiger partial charge on any atom is -0.382 e. The number of aliphatic hydroxyl groups is 1. The van der Waals surface area contributed by atoms with E-state index in [1.807, 2.05) is 84.6 Å². The number of halogens is 3. The molecule has 1 N–H and O–H groups in total. The molecule has 1 amide bonds. The molecule has 1 aromatic heterocycles. The van der Waals surface area contributed by atoms with E-state index in [4.69, 9.17) is 4.74 Å². The van der Waals surface area contributed by atoms with Crippen LogP contribution in [0.3, 0.4) is 0 Å². The number of hydrogen-bond acceptors (Lipinski definition) is 5. The molecule has 3 aromatic carbocycles. The first kappa shape index (κ1) is 30.8. The molecule has 5 atom stereocenters. The van der Waals surface area contributed by atoms with Gasteiger partial charge < -0.3 is 18.9 Å². The van der Waals surface area contributed by atoms with Crippen LogP contribution in [0.1, 0.15) is 41.8 Å². The van der Waals surface area contributed by atoms with Crippen LogP contribution in [0.5, 0.6) is 0 Å². The van der Waals surface area contributed by atoms with Gasteiger partial charge in [0.25, 0.3) is 5.91 Å². The number of aromatic nitrogens is 3. The number of hydrogen-bond donors (Lipinski definition) is 1. The second-order valence-corrected chi connectivity index (χ2v) is 18.2. The van der Waals surface area contributed by atoms with Crippen molar-refractivity contribution >= 4 is 65.2 Å². The summed E-state index contributed by atoms with van der Waals surface area (Å²) in [5, 5.41) is 19.2. The molecule has 11 heteroatoms. The van der Waals surface area contributed by atoms with Gasteiger partial charge in [-0.3, -0.25) is 9.48 Å². The van der Waals surface area contributed by atoms with E-state index in [0.29, 0.717) is 25.2 Å². The molecule has 1 spiro atoms. The lowest BCUT2D eigenvalue weighted by atomic mass is 9.82. The van der Waals surface area contributed by atoms with Crippen LogP contribution in [0.4, 0.5) is 9.80 Å². The van der Waals surface area contributed by atoms with E-state index in [2.05, 4.69) is 55.5 Å². The lowest BCUT2D eigenvalue weighted by Crippen LogP contribution is -2.45. The number of ether oxygens (including phenoxy) is 1. The molecule has 4 aromatic rings. The summed E-state index contributed by atoms with van der Waals surface area (Å²) in [7, 11) is -3.29. The van der Waals surface area contributed by atoms with Crippen LogP contribution in [0.15, 0.2) is 79.0 Å². The molecular formula is C32H33FI2N4O3Si. The summed E-state index contributed by atoms with van der Waals surface area (Å²) in [5.41, 5.74) is 2.18. The summed E-state index contributed by atoms with van der Waals surface area (Å²) in [6.45, 7) is 6.25. The van der Waals surface area contributed by atoms with Crippen molar-refractivity contribution in [2.75, 3.05) is 4.90 Å². The quantitative estimate of drug-likeness (QED) is 0.118. The zero-order chi connectivity index (χ0) is 30.5. The molecule has 0 radical (unpaired) electrons. The first-order chi connectivity index (χ1) is 20.5. The Kier molecular flexibility index (Phi) is 8.56. The highest BCUT2D eigenvalue weighted by Gasteiger charge is 2.66. The number of aryl methyl sites for hydroxylation is 1. The first-order valence-electron chi connectivity index (χ1n) is 14.3. The number of fused-ring (bicyclic) bond motifs is 2. The Bertz CT molecular complexity index is 1630. The van der Waals surface area contributed by atoms with Gasteiger partial charge in [-0.15, -0.1) is 5.10 Å². The van der Waals surface area contributed by atoms with E-state index in [1.165, 1.54) is 0 Å². The van der Waals surface area contributed by atoms with Crippen LogP contribution in [-0.2, 0) is 28.2 Å². The summed E-state index contributed by atoms with van der Waals surface area (Å²) in [6, 6.07) is 23.5. The lowest BCUT2D eigenvalue weighted by molar-refractivity contribution is -0.146. The van der Waals surface area contributed by atoms with E-state index in [1.54, 1.807) is 24.0 Å². The van der Waals surface area contributed by atoms with Gasteiger partial charge in [-0.2, -0.15) is 0 Å². The number of rotatable bonds is 8. The highest BCUT2D eigenvalue weighted by Crippen LogP contribution is 2.60. The standard InChI is InChI=1S/C32H33FI2N4O3Si/c1-20-30(43(2,3)33)28(15-16-38-19-26(36-37-38)29(40)22-7-5-4-6-8-22)42-32(20)25-17-24(35)13-14-27(25)39(31(32)41)18-21-9-11-23(34)12-10-21/h4-14,17,19-20,28-30,40H,15-16,18H2,1-3H3/t20-,28+,29-,30-,32+/m1/s1. The molecule has 0 saturated carbocycles. The van der Waals surface area contributed by atoms with Crippen molar-refractivity contribution in [2.45, 2.75) is 62.9 Å². The Morgan fingerprint density at radius 2 is 1.77 bits per heavy atom. The molecule has 1 saturated heterocycles. The topological polar surface area (TPSA) is 80.5 Å². The molecule has 7 nitrogen and oxygen atoms in total. The maximum Gasteiger partial charge on any atom is 0.264 e. The summed E-state index contributed by atoms with van der Waals surface area (Å²) >= 11 is 4.54. The third-order valence-electron chi connectivity index (χ3n) is 8.77. The lowest BCUT2D eigenvalue weighted by Gasteiger charge is -2.31. The van der Waals surface area contributed by atoms with E-state index in [9.17, 15) is 9.90 Å². The second kappa shape index (κ2) is 12.0. The molecule has 3 heterocycles. The van der Waals surface area contributed by atoms with Gasteiger partial charge in [0.15, 0.2) is 5.60 Å². The van der Waals surface area contributed by atoms with E-state index >= 15 is 4.11 Å². The van der Waals surface area contributed by atoms with Crippen LogP contribution >= 0.6 is 45.2 Å². The van der Waals surface area contributed by atoms with Crippen molar-refractivity contribution < 1.29 is 18.7 Å². The summed E-state index contributed by atoms with van der Waals surface area (Å²) in [5.74, 6) is -0.489. The average molecular weight is 823 g/mol. The molecule has 0 aliphatic carbocycles. The molecule has 6 rings (SSSR count). The predicted octanol–water partition coefficient (Wildman–Crippen LogP) is 6.98. The maximum atomic E-state index is 16.2. The zero-order valence-electron chi connectivity index (χ0n) is 24.1. The van der Waals surface area contributed by atoms with Crippen molar-refractivity contribution in [3.63, 3.8) is 0 Å². The average Bonchev–Trinajstić information content (AvgIpc) is 3.64. The van der Waals surface area contributed by atoms with Gasteiger partial charge in [0, 0.05) is 30.7 Å². The van der Waals surface area contributed by atoms with Gasteiger partial charge in [0.05, 0.1) is 24.5 Å². The van der Waals surface area contributed by atoms with Crippen LogP contribution in [0, 0.1) is 13.1 Å². The highest BCUT2D eigenvalue weighted by molar-refractivity contribution is 14.1. The fourth-order valence-electron chi connectivity index (χ4n) is 6.83. The molecule has 43 heavy (non-hydrogen) atoms. The molecule has 0 bridgehead atoms. The third kappa shape index (κ3) is 5.71. The fraction of sp³-hybridized carbons (Fsp3) is 0.344. The van der Waals surface area contributed by atoms with E-state index in [0.717, 1.165) is 29.5 Å². The minimum absolute atomic E-state index is 0.129. The summed E-state index contributed by atoms with van der Waals surface area (Å²) in [4.78, 5) is 16.3. The Labute approximate surface area is 279 Å². The van der Waals surface area contributed by atoms with Gasteiger partial charge in [-0.05, 0) is 106 Å². The Morgan fingerprint density at radius 1 is 1.07 bits per heavy atom. The number of nitrogens with zero attached hydrogens (tertiary/aromatic N) is 4. The Balaban J connectivity index is 1.29. The highest BCUT2D eigenvalue weighted by atomic mass is 127. The second-order valence-electron chi connectivity index (χ2n) is 12.0. The fourth-order valence-corrected chi connectivity index (χ4v) is 10.2. The molecule has 0 unspecified atom stereocenters. The molecule has 2 aliphatic rings. The van der Waals surface area contributed by atoms with Crippen LogP contribution in [0.25, 0.3) is 0 Å². The molecule has 1 fully saturated rings. The van der Waals surface area contributed by atoms with Gasteiger partial charge in [0.1, 0.15) is 11.8 Å². The van der Waals surface area contributed by atoms with Crippen molar-refractivity contribution in [2.24, 2.45) is 5.92 Å². The first-order valence-corrected chi connectivity index (χ1v) is 19.5. The summed E-state index contributed by atoms with van der Waals surface area (Å²) < 4.78 is 26.9.